The van der Waals surface area contributed by atoms with Crippen molar-refractivity contribution >= 4 is 27.9 Å². The fraction of sp³-hybridized carbons (Fsp3) is 0.118. The molecule has 2 rings (SSSR count). The average Bonchev–Trinajstić information content (AvgIpc) is 2.51. The van der Waals surface area contributed by atoms with Gasteiger partial charge in [0, 0.05) is 22.7 Å². The van der Waals surface area contributed by atoms with E-state index in [1.54, 1.807) is 12.1 Å². The predicted molar refractivity (Wildman–Crippen MR) is 86.4 cm³/mol. The van der Waals surface area contributed by atoms with Crippen molar-refractivity contribution in [3.63, 3.8) is 0 Å². The maximum atomic E-state index is 13.6. The monoisotopic (exact) mass is 401 g/mol. The Balaban J connectivity index is 1.93. The predicted octanol–water partition coefficient (Wildman–Crippen LogP) is 4.94. The van der Waals surface area contributed by atoms with Gasteiger partial charge in [-0.25, -0.2) is 4.39 Å². The standard InChI is InChI=1S/C17H12BrF4NO/c18-14-7-4-12(15(19)9-14)10-23-16(24)8-3-11-1-5-13(6-2-11)17(20,21)22/h1-9H,10H2,(H,23,24)/b8-3+. The number of amides is 1. The first-order chi connectivity index (χ1) is 11.3. The lowest BCUT2D eigenvalue weighted by molar-refractivity contribution is -0.137. The molecule has 0 aliphatic rings. The normalized spacial score (nSPS) is 11.7. The van der Waals surface area contributed by atoms with Crippen molar-refractivity contribution in [2.45, 2.75) is 12.7 Å². The molecular formula is C17H12BrF4NO. The van der Waals surface area contributed by atoms with Crippen LogP contribution in [-0.4, -0.2) is 5.91 Å². The molecular weight excluding hydrogens is 390 g/mol. The zero-order chi connectivity index (χ0) is 17.7. The Morgan fingerprint density at radius 2 is 1.79 bits per heavy atom. The largest absolute Gasteiger partial charge is 0.416 e. The first-order valence-electron chi connectivity index (χ1n) is 6.83. The molecule has 2 aromatic carbocycles. The lowest BCUT2D eigenvalue weighted by Gasteiger charge is -2.06. The van der Waals surface area contributed by atoms with Crippen LogP contribution in [0, 0.1) is 5.82 Å². The molecule has 0 aliphatic heterocycles. The van der Waals surface area contributed by atoms with Crippen molar-refractivity contribution in [3.05, 3.63) is 75.5 Å². The number of alkyl halides is 3. The summed E-state index contributed by atoms with van der Waals surface area (Å²) in [5.74, 6) is -0.923. The second kappa shape index (κ2) is 7.61. The molecule has 0 aromatic heterocycles. The minimum absolute atomic E-state index is 0.00922. The number of rotatable bonds is 4. The zero-order valence-electron chi connectivity index (χ0n) is 12.2. The Labute approximate surface area is 144 Å². The lowest BCUT2D eigenvalue weighted by Crippen LogP contribution is -2.20. The van der Waals surface area contributed by atoms with Gasteiger partial charge in [0.1, 0.15) is 5.82 Å². The molecule has 0 atom stereocenters. The Morgan fingerprint density at radius 3 is 2.38 bits per heavy atom. The number of hydrogen-bond acceptors (Lipinski definition) is 1. The Morgan fingerprint density at radius 1 is 1.12 bits per heavy atom. The van der Waals surface area contributed by atoms with E-state index in [1.807, 2.05) is 0 Å². The summed E-state index contributed by atoms with van der Waals surface area (Å²) in [4.78, 5) is 11.7. The Kier molecular flexibility index (Phi) is 5.77. The van der Waals surface area contributed by atoms with Crippen molar-refractivity contribution in [2.75, 3.05) is 0 Å². The van der Waals surface area contributed by atoms with Gasteiger partial charge >= 0.3 is 6.18 Å². The quantitative estimate of drug-likeness (QED) is 0.570. The van der Waals surface area contributed by atoms with Gasteiger partial charge in [0.05, 0.1) is 5.56 Å². The molecule has 2 aromatic rings. The van der Waals surface area contributed by atoms with Crippen molar-refractivity contribution in [2.24, 2.45) is 0 Å². The van der Waals surface area contributed by atoms with Gasteiger partial charge in [-0.2, -0.15) is 13.2 Å². The van der Waals surface area contributed by atoms with Gasteiger partial charge in [-0.3, -0.25) is 4.79 Å². The molecule has 0 saturated carbocycles. The SMILES string of the molecule is O=C(/C=C/c1ccc(C(F)(F)F)cc1)NCc1ccc(Br)cc1F. The maximum Gasteiger partial charge on any atom is 0.416 e. The molecule has 0 unspecified atom stereocenters. The molecule has 24 heavy (non-hydrogen) atoms. The summed E-state index contributed by atoms with van der Waals surface area (Å²) in [6.07, 6.45) is -1.83. The van der Waals surface area contributed by atoms with E-state index in [1.165, 1.54) is 30.4 Å². The van der Waals surface area contributed by atoms with Gasteiger partial charge in [0.25, 0.3) is 0 Å². The first-order valence-corrected chi connectivity index (χ1v) is 7.62. The fourth-order valence-electron chi connectivity index (χ4n) is 1.86. The van der Waals surface area contributed by atoms with Crippen molar-refractivity contribution in [1.82, 2.24) is 5.32 Å². The third-order valence-electron chi connectivity index (χ3n) is 3.13. The third kappa shape index (κ3) is 5.19. The number of nitrogens with one attached hydrogen (secondary N) is 1. The topological polar surface area (TPSA) is 29.1 Å². The molecule has 0 spiro atoms. The summed E-state index contributed by atoms with van der Waals surface area (Å²) in [5, 5.41) is 2.50. The van der Waals surface area contributed by atoms with Gasteiger partial charge < -0.3 is 5.32 Å². The molecule has 1 N–H and O–H groups in total. The summed E-state index contributed by atoms with van der Waals surface area (Å²) < 4.78 is 51.5. The van der Waals surface area contributed by atoms with Crippen LogP contribution in [0.1, 0.15) is 16.7 Å². The van der Waals surface area contributed by atoms with Crippen LogP contribution < -0.4 is 5.32 Å². The third-order valence-corrected chi connectivity index (χ3v) is 3.63. The van der Waals surface area contributed by atoms with E-state index in [2.05, 4.69) is 21.2 Å². The molecule has 0 aliphatic carbocycles. The Bertz CT molecular complexity index is 754. The molecule has 0 fully saturated rings. The number of benzene rings is 2. The van der Waals surface area contributed by atoms with E-state index >= 15 is 0 Å². The highest BCUT2D eigenvalue weighted by Gasteiger charge is 2.29. The Hall–Kier alpha value is -2.15. The van der Waals surface area contributed by atoms with Gasteiger partial charge in [0.15, 0.2) is 0 Å². The summed E-state index contributed by atoms with van der Waals surface area (Å²) in [7, 11) is 0. The van der Waals surface area contributed by atoms with Crippen LogP contribution in [0.3, 0.4) is 0 Å². The van der Waals surface area contributed by atoms with Gasteiger partial charge in [-0.1, -0.05) is 34.1 Å². The first kappa shape index (κ1) is 18.2. The molecule has 1 amide bonds. The second-order valence-electron chi connectivity index (χ2n) is 4.91. The van der Waals surface area contributed by atoms with Gasteiger partial charge in [-0.05, 0) is 35.9 Å². The smallest absolute Gasteiger partial charge is 0.348 e. The number of carbonyl (C=O) groups is 1. The summed E-state index contributed by atoms with van der Waals surface area (Å²) in [5.41, 5.74) is 0.0252. The van der Waals surface area contributed by atoms with E-state index in [-0.39, 0.29) is 6.54 Å². The van der Waals surface area contributed by atoms with Gasteiger partial charge in [0.2, 0.25) is 5.91 Å². The lowest BCUT2D eigenvalue weighted by atomic mass is 10.1. The zero-order valence-corrected chi connectivity index (χ0v) is 13.8. The van der Waals surface area contributed by atoms with Crippen LogP contribution in [0.15, 0.2) is 53.0 Å². The van der Waals surface area contributed by atoms with Crippen LogP contribution in [-0.2, 0) is 17.5 Å². The van der Waals surface area contributed by atoms with E-state index in [0.29, 0.717) is 15.6 Å². The van der Waals surface area contributed by atoms with Crippen LogP contribution in [0.25, 0.3) is 6.08 Å². The van der Waals surface area contributed by atoms with E-state index in [4.69, 9.17) is 0 Å². The van der Waals surface area contributed by atoms with Crippen LogP contribution in [0.2, 0.25) is 0 Å². The minimum Gasteiger partial charge on any atom is -0.348 e. The van der Waals surface area contributed by atoms with E-state index in [0.717, 1.165) is 12.1 Å². The van der Waals surface area contributed by atoms with Crippen LogP contribution >= 0.6 is 15.9 Å². The van der Waals surface area contributed by atoms with Crippen LogP contribution in [0.4, 0.5) is 17.6 Å². The molecule has 7 heteroatoms. The molecule has 0 radical (unpaired) electrons. The molecule has 0 saturated heterocycles. The number of hydrogen-bond donors (Lipinski definition) is 1. The second-order valence-corrected chi connectivity index (χ2v) is 5.82. The van der Waals surface area contributed by atoms with Crippen molar-refractivity contribution in [3.8, 4) is 0 Å². The number of carbonyl (C=O) groups excluding carboxylic acids is 1. The highest BCUT2D eigenvalue weighted by atomic mass is 79.9. The number of halogens is 5. The molecule has 126 valence electrons. The summed E-state index contributed by atoms with van der Waals surface area (Å²) in [6.45, 7) is 0.00922. The molecule has 2 nitrogen and oxygen atoms in total. The summed E-state index contributed by atoms with van der Waals surface area (Å²) >= 11 is 3.14. The fourth-order valence-corrected chi connectivity index (χ4v) is 2.19. The summed E-state index contributed by atoms with van der Waals surface area (Å²) in [6, 6.07) is 8.90. The van der Waals surface area contributed by atoms with Gasteiger partial charge in [-0.15, -0.1) is 0 Å². The maximum absolute atomic E-state index is 13.6. The molecule has 0 heterocycles. The highest BCUT2D eigenvalue weighted by Crippen LogP contribution is 2.29. The molecule has 0 bridgehead atoms. The van der Waals surface area contributed by atoms with Crippen molar-refractivity contribution in [1.29, 1.82) is 0 Å². The minimum atomic E-state index is -4.39. The highest BCUT2D eigenvalue weighted by molar-refractivity contribution is 9.10. The van der Waals surface area contributed by atoms with E-state index in [9.17, 15) is 22.4 Å². The van der Waals surface area contributed by atoms with Crippen molar-refractivity contribution < 1.29 is 22.4 Å². The van der Waals surface area contributed by atoms with Crippen LogP contribution in [0.5, 0.6) is 0 Å². The average molecular weight is 402 g/mol. The van der Waals surface area contributed by atoms with E-state index < -0.39 is 23.5 Å².